The first-order valence-corrected chi connectivity index (χ1v) is 7.64. The van der Waals surface area contributed by atoms with Crippen molar-refractivity contribution in [1.82, 2.24) is 5.32 Å². The van der Waals surface area contributed by atoms with Gasteiger partial charge in [0, 0.05) is 24.2 Å². The van der Waals surface area contributed by atoms with Crippen molar-refractivity contribution in [3.05, 3.63) is 24.3 Å². The zero-order valence-electron chi connectivity index (χ0n) is 13.1. The molecule has 8 nitrogen and oxygen atoms in total. The van der Waals surface area contributed by atoms with Crippen molar-refractivity contribution in [1.29, 1.82) is 0 Å². The molecule has 0 heterocycles. The maximum atomic E-state index is 11.7. The van der Waals surface area contributed by atoms with Gasteiger partial charge in [-0.05, 0) is 25.0 Å². The molecular weight excluding hydrogens is 316 g/mol. The van der Waals surface area contributed by atoms with E-state index >= 15 is 0 Å². The number of carboxylic acid groups (broad SMARTS) is 1. The standard InChI is InChI=1S/C16H20N2O6/c19-14(17-6-7-23-10-15(20)21)9-24-13-3-1-2-12(8-13)18-16(22)11-4-5-11/h1-3,8,11H,4-7,9-10H2,(H,17,19)(H,18,22)(H,20,21). The number of aliphatic carboxylic acids is 1. The number of nitrogens with one attached hydrogen (secondary N) is 2. The zero-order chi connectivity index (χ0) is 17.4. The molecule has 0 radical (unpaired) electrons. The Morgan fingerprint density at radius 1 is 1.21 bits per heavy atom. The molecule has 0 bridgehead atoms. The summed E-state index contributed by atoms with van der Waals surface area (Å²) < 4.78 is 10.2. The van der Waals surface area contributed by atoms with Gasteiger partial charge in [-0.25, -0.2) is 4.79 Å². The Bertz CT molecular complexity index is 600. The summed E-state index contributed by atoms with van der Waals surface area (Å²) in [5.41, 5.74) is 0.631. The minimum absolute atomic E-state index is 0.00579. The second-order valence-electron chi connectivity index (χ2n) is 5.38. The molecule has 0 atom stereocenters. The van der Waals surface area contributed by atoms with Crippen LogP contribution in [0.15, 0.2) is 24.3 Å². The third-order valence-corrected chi connectivity index (χ3v) is 3.21. The third kappa shape index (κ3) is 6.66. The van der Waals surface area contributed by atoms with Crippen LogP contribution in [0.3, 0.4) is 0 Å². The summed E-state index contributed by atoms with van der Waals surface area (Å²) >= 11 is 0. The third-order valence-electron chi connectivity index (χ3n) is 3.21. The van der Waals surface area contributed by atoms with Gasteiger partial charge in [-0.2, -0.15) is 0 Å². The molecule has 24 heavy (non-hydrogen) atoms. The van der Waals surface area contributed by atoms with Gasteiger partial charge in [-0.15, -0.1) is 0 Å². The average Bonchev–Trinajstić information content (AvgIpc) is 3.37. The fourth-order valence-corrected chi connectivity index (χ4v) is 1.88. The highest BCUT2D eigenvalue weighted by molar-refractivity contribution is 5.94. The van der Waals surface area contributed by atoms with Gasteiger partial charge in [-0.3, -0.25) is 9.59 Å². The minimum Gasteiger partial charge on any atom is -0.484 e. The highest BCUT2D eigenvalue weighted by Gasteiger charge is 2.29. The summed E-state index contributed by atoms with van der Waals surface area (Å²) in [5.74, 6) is -0.810. The molecule has 1 aromatic rings. The van der Waals surface area contributed by atoms with Crippen molar-refractivity contribution in [2.24, 2.45) is 5.92 Å². The van der Waals surface area contributed by atoms with E-state index in [4.69, 9.17) is 14.6 Å². The maximum absolute atomic E-state index is 11.7. The molecule has 1 saturated carbocycles. The first-order chi connectivity index (χ1) is 11.5. The summed E-state index contributed by atoms with van der Waals surface area (Å²) in [7, 11) is 0. The topological polar surface area (TPSA) is 114 Å². The number of carbonyl (C=O) groups excluding carboxylic acids is 2. The SMILES string of the molecule is O=C(O)COCCNC(=O)COc1cccc(NC(=O)C2CC2)c1. The summed E-state index contributed by atoms with van der Waals surface area (Å²) in [6.07, 6.45) is 1.86. The molecule has 2 rings (SSSR count). The Morgan fingerprint density at radius 3 is 2.71 bits per heavy atom. The van der Waals surface area contributed by atoms with E-state index in [1.54, 1.807) is 24.3 Å². The van der Waals surface area contributed by atoms with Crippen LogP contribution in [0.25, 0.3) is 0 Å². The molecule has 1 fully saturated rings. The minimum atomic E-state index is -1.06. The number of carbonyl (C=O) groups is 3. The molecule has 3 N–H and O–H groups in total. The van der Waals surface area contributed by atoms with Gasteiger partial charge in [0.2, 0.25) is 5.91 Å². The van der Waals surface area contributed by atoms with Crippen LogP contribution in [0.1, 0.15) is 12.8 Å². The van der Waals surface area contributed by atoms with Crippen molar-refractivity contribution < 1.29 is 29.0 Å². The molecule has 8 heteroatoms. The van der Waals surface area contributed by atoms with Crippen LogP contribution in [0.2, 0.25) is 0 Å². The predicted octanol–water partition coefficient (Wildman–Crippen LogP) is 0.631. The molecule has 130 valence electrons. The van der Waals surface area contributed by atoms with Gasteiger partial charge in [0.05, 0.1) is 6.61 Å². The Hall–Kier alpha value is -2.61. The summed E-state index contributed by atoms with van der Waals surface area (Å²) in [5, 5.41) is 13.7. The molecule has 0 aromatic heterocycles. The van der Waals surface area contributed by atoms with E-state index in [2.05, 4.69) is 10.6 Å². The summed E-state index contributed by atoms with van der Waals surface area (Å²) in [4.78, 5) is 33.5. The number of amides is 2. The lowest BCUT2D eigenvalue weighted by Gasteiger charge is -2.09. The van der Waals surface area contributed by atoms with Crippen molar-refractivity contribution in [3.63, 3.8) is 0 Å². The molecular formula is C16H20N2O6. The molecule has 1 aliphatic rings. The van der Waals surface area contributed by atoms with E-state index in [1.807, 2.05) is 0 Å². The fraction of sp³-hybridized carbons (Fsp3) is 0.438. The van der Waals surface area contributed by atoms with Crippen molar-refractivity contribution in [3.8, 4) is 5.75 Å². The lowest BCUT2D eigenvalue weighted by molar-refractivity contribution is -0.142. The van der Waals surface area contributed by atoms with Crippen molar-refractivity contribution in [2.75, 3.05) is 31.7 Å². The van der Waals surface area contributed by atoms with E-state index in [9.17, 15) is 14.4 Å². The lowest BCUT2D eigenvalue weighted by atomic mass is 10.3. The van der Waals surface area contributed by atoms with E-state index in [-0.39, 0.29) is 37.5 Å². The van der Waals surface area contributed by atoms with E-state index < -0.39 is 12.6 Å². The number of hydrogen-bond acceptors (Lipinski definition) is 5. The average molecular weight is 336 g/mol. The zero-order valence-corrected chi connectivity index (χ0v) is 13.1. The number of anilines is 1. The summed E-state index contributed by atoms with van der Waals surface area (Å²) in [6.45, 7) is -0.265. The van der Waals surface area contributed by atoms with E-state index in [0.29, 0.717) is 11.4 Å². The maximum Gasteiger partial charge on any atom is 0.329 e. The van der Waals surface area contributed by atoms with E-state index in [0.717, 1.165) is 12.8 Å². The lowest BCUT2D eigenvalue weighted by Crippen LogP contribution is -2.32. The van der Waals surface area contributed by atoms with E-state index in [1.165, 1.54) is 0 Å². The van der Waals surface area contributed by atoms with Crippen molar-refractivity contribution >= 4 is 23.5 Å². The number of hydrogen-bond donors (Lipinski definition) is 3. The second kappa shape index (κ2) is 8.88. The molecule has 0 saturated heterocycles. The predicted molar refractivity (Wildman–Crippen MR) is 84.8 cm³/mol. The Kier molecular flexibility index (Phi) is 6.56. The van der Waals surface area contributed by atoms with Gasteiger partial charge >= 0.3 is 5.97 Å². The molecule has 0 aliphatic heterocycles. The van der Waals surface area contributed by atoms with Crippen LogP contribution in [0, 0.1) is 5.92 Å². The van der Waals surface area contributed by atoms with Crippen LogP contribution >= 0.6 is 0 Å². The van der Waals surface area contributed by atoms with Gasteiger partial charge < -0.3 is 25.2 Å². The number of carboxylic acids is 1. The summed E-state index contributed by atoms with van der Waals surface area (Å²) in [6, 6.07) is 6.84. The molecule has 0 spiro atoms. The smallest absolute Gasteiger partial charge is 0.329 e. The van der Waals surface area contributed by atoms with Crippen LogP contribution in [-0.4, -0.2) is 49.3 Å². The molecule has 1 aliphatic carbocycles. The quantitative estimate of drug-likeness (QED) is 0.540. The monoisotopic (exact) mass is 336 g/mol. The van der Waals surface area contributed by atoms with Gasteiger partial charge in [0.1, 0.15) is 12.4 Å². The Labute approximate surface area is 139 Å². The molecule has 1 aromatic carbocycles. The second-order valence-corrected chi connectivity index (χ2v) is 5.38. The number of benzene rings is 1. The van der Waals surface area contributed by atoms with Gasteiger partial charge in [-0.1, -0.05) is 6.07 Å². The largest absolute Gasteiger partial charge is 0.484 e. The van der Waals surface area contributed by atoms with Gasteiger partial charge in [0.15, 0.2) is 6.61 Å². The first kappa shape index (κ1) is 17.7. The highest BCUT2D eigenvalue weighted by atomic mass is 16.5. The van der Waals surface area contributed by atoms with Gasteiger partial charge in [0.25, 0.3) is 5.91 Å². The molecule has 0 unspecified atom stereocenters. The first-order valence-electron chi connectivity index (χ1n) is 7.64. The Morgan fingerprint density at radius 2 is 2.00 bits per heavy atom. The van der Waals surface area contributed by atoms with Crippen LogP contribution in [0.4, 0.5) is 5.69 Å². The molecule has 2 amide bonds. The van der Waals surface area contributed by atoms with Crippen molar-refractivity contribution in [2.45, 2.75) is 12.8 Å². The number of rotatable bonds is 10. The number of ether oxygens (including phenoxy) is 2. The fourth-order valence-electron chi connectivity index (χ4n) is 1.88. The normalized spacial score (nSPS) is 13.2. The van der Waals surface area contributed by atoms with Crippen LogP contribution in [-0.2, 0) is 19.1 Å². The highest BCUT2D eigenvalue weighted by Crippen LogP contribution is 2.30. The van der Waals surface area contributed by atoms with Crippen LogP contribution < -0.4 is 15.4 Å². The van der Waals surface area contributed by atoms with Crippen LogP contribution in [0.5, 0.6) is 5.75 Å². The Balaban J connectivity index is 1.66.